The number of piperazine rings is 1. The fourth-order valence-corrected chi connectivity index (χ4v) is 3.13. The molecule has 1 N–H and O–H groups in total. The highest BCUT2D eigenvalue weighted by atomic mass is 16.1. The Morgan fingerprint density at radius 1 is 1.24 bits per heavy atom. The molecule has 1 heterocycles. The van der Waals surface area contributed by atoms with Gasteiger partial charge in [-0.25, -0.2) is 0 Å². The first-order valence-corrected chi connectivity index (χ1v) is 7.25. The molecule has 1 unspecified atom stereocenters. The van der Waals surface area contributed by atoms with Crippen LogP contribution in [-0.4, -0.2) is 42.9 Å². The van der Waals surface area contributed by atoms with E-state index in [1.54, 1.807) is 0 Å². The van der Waals surface area contributed by atoms with E-state index < -0.39 is 0 Å². The maximum absolute atomic E-state index is 12.2. The number of ketones is 1. The van der Waals surface area contributed by atoms with Crippen molar-refractivity contribution in [3.8, 4) is 0 Å². The zero-order valence-corrected chi connectivity index (χ0v) is 11.1. The molecule has 0 spiro atoms. The van der Waals surface area contributed by atoms with E-state index in [2.05, 4.69) is 17.1 Å². The molecular weight excluding hydrogens is 212 g/mol. The quantitative estimate of drug-likeness (QED) is 0.811. The highest BCUT2D eigenvalue weighted by Gasteiger charge is 2.25. The number of Topliss-reactive ketones (excluding diaryl/α,β-unsaturated/α-hetero) is 1. The van der Waals surface area contributed by atoms with Crippen molar-refractivity contribution in [3.05, 3.63) is 0 Å². The van der Waals surface area contributed by atoms with E-state index in [-0.39, 0.29) is 0 Å². The summed E-state index contributed by atoms with van der Waals surface area (Å²) in [4.78, 5) is 14.7. The molecule has 0 aromatic heterocycles. The van der Waals surface area contributed by atoms with E-state index in [0.29, 0.717) is 17.7 Å². The zero-order chi connectivity index (χ0) is 12.1. The van der Waals surface area contributed by atoms with Crippen LogP contribution in [0.5, 0.6) is 0 Å². The standard InChI is InChI=1S/C14H26N2O/c1-12(16-9-7-15-8-10-16)11-14(17)13-5-3-2-4-6-13/h12-13,15H,2-11H2,1H3. The lowest BCUT2D eigenvalue weighted by molar-refractivity contribution is -0.125. The molecule has 2 aliphatic rings. The molecule has 1 saturated heterocycles. The lowest BCUT2D eigenvalue weighted by Crippen LogP contribution is -2.48. The Morgan fingerprint density at radius 3 is 2.53 bits per heavy atom. The molecule has 0 amide bonds. The van der Waals surface area contributed by atoms with Gasteiger partial charge in [-0.1, -0.05) is 19.3 Å². The third kappa shape index (κ3) is 3.78. The van der Waals surface area contributed by atoms with Crippen LogP contribution in [0.1, 0.15) is 45.4 Å². The van der Waals surface area contributed by atoms with E-state index in [4.69, 9.17) is 0 Å². The predicted molar refractivity (Wildman–Crippen MR) is 70.1 cm³/mol. The van der Waals surface area contributed by atoms with E-state index in [9.17, 15) is 4.79 Å². The fourth-order valence-electron chi connectivity index (χ4n) is 3.13. The summed E-state index contributed by atoms with van der Waals surface area (Å²) in [7, 11) is 0. The van der Waals surface area contributed by atoms with Crippen LogP contribution in [0.4, 0.5) is 0 Å². The second kappa shape index (κ2) is 6.50. The van der Waals surface area contributed by atoms with Crippen molar-refractivity contribution in [3.63, 3.8) is 0 Å². The highest BCUT2D eigenvalue weighted by Crippen LogP contribution is 2.26. The number of nitrogens with zero attached hydrogens (tertiary/aromatic N) is 1. The molecule has 17 heavy (non-hydrogen) atoms. The molecule has 0 aromatic carbocycles. The number of carbonyl (C=O) groups is 1. The van der Waals surface area contributed by atoms with E-state index >= 15 is 0 Å². The van der Waals surface area contributed by atoms with Crippen LogP contribution >= 0.6 is 0 Å². The van der Waals surface area contributed by atoms with Crippen molar-refractivity contribution in [2.75, 3.05) is 26.2 Å². The lowest BCUT2D eigenvalue weighted by atomic mass is 9.84. The molecule has 98 valence electrons. The van der Waals surface area contributed by atoms with Crippen LogP contribution in [-0.2, 0) is 4.79 Å². The molecule has 2 rings (SSSR count). The van der Waals surface area contributed by atoms with E-state index in [1.807, 2.05) is 0 Å². The van der Waals surface area contributed by atoms with Gasteiger partial charge in [-0.2, -0.15) is 0 Å². The lowest BCUT2D eigenvalue weighted by Gasteiger charge is -2.33. The van der Waals surface area contributed by atoms with Crippen molar-refractivity contribution in [1.29, 1.82) is 0 Å². The monoisotopic (exact) mass is 238 g/mol. The van der Waals surface area contributed by atoms with Crippen molar-refractivity contribution in [2.24, 2.45) is 5.92 Å². The third-order valence-corrected chi connectivity index (χ3v) is 4.33. The Hall–Kier alpha value is -0.410. The van der Waals surface area contributed by atoms with Gasteiger partial charge < -0.3 is 5.32 Å². The molecule has 0 bridgehead atoms. The Morgan fingerprint density at radius 2 is 1.88 bits per heavy atom. The van der Waals surface area contributed by atoms with Crippen LogP contribution < -0.4 is 5.32 Å². The molecular formula is C14H26N2O. The summed E-state index contributed by atoms with van der Waals surface area (Å²) >= 11 is 0. The second-order valence-corrected chi connectivity index (χ2v) is 5.64. The van der Waals surface area contributed by atoms with Crippen molar-refractivity contribution in [2.45, 2.75) is 51.5 Å². The van der Waals surface area contributed by atoms with Gasteiger partial charge in [0.1, 0.15) is 5.78 Å². The molecule has 0 aromatic rings. The van der Waals surface area contributed by atoms with Crippen LogP contribution in [0.25, 0.3) is 0 Å². The minimum absolute atomic E-state index is 0.383. The average molecular weight is 238 g/mol. The first-order chi connectivity index (χ1) is 8.27. The summed E-state index contributed by atoms with van der Waals surface area (Å²) in [5, 5.41) is 3.36. The molecule has 2 fully saturated rings. The molecule has 0 radical (unpaired) electrons. The SMILES string of the molecule is CC(CC(=O)C1CCCCC1)N1CCNCC1. The summed E-state index contributed by atoms with van der Waals surface area (Å²) in [5.74, 6) is 0.907. The maximum atomic E-state index is 12.2. The average Bonchev–Trinajstić information content (AvgIpc) is 2.40. The number of nitrogens with one attached hydrogen (secondary N) is 1. The summed E-state index contributed by atoms with van der Waals surface area (Å²) < 4.78 is 0. The Labute approximate surface area is 105 Å². The number of carbonyl (C=O) groups excluding carboxylic acids is 1. The molecule has 3 nitrogen and oxygen atoms in total. The van der Waals surface area contributed by atoms with Crippen LogP contribution in [0.2, 0.25) is 0 Å². The molecule has 1 aliphatic carbocycles. The largest absolute Gasteiger partial charge is 0.314 e. The Kier molecular flexibility index (Phi) is 4.99. The van der Waals surface area contributed by atoms with Gasteiger partial charge in [-0.3, -0.25) is 9.69 Å². The minimum Gasteiger partial charge on any atom is -0.314 e. The zero-order valence-electron chi connectivity index (χ0n) is 11.1. The van der Waals surface area contributed by atoms with Gasteiger partial charge >= 0.3 is 0 Å². The minimum atomic E-state index is 0.383. The van der Waals surface area contributed by atoms with Gasteiger partial charge in [0.15, 0.2) is 0 Å². The smallest absolute Gasteiger partial charge is 0.137 e. The second-order valence-electron chi connectivity index (χ2n) is 5.64. The molecule has 1 aliphatic heterocycles. The van der Waals surface area contributed by atoms with E-state index in [1.165, 1.54) is 19.3 Å². The molecule has 1 saturated carbocycles. The topological polar surface area (TPSA) is 32.3 Å². The van der Waals surface area contributed by atoms with Crippen molar-refractivity contribution in [1.82, 2.24) is 10.2 Å². The summed E-state index contributed by atoms with van der Waals surface area (Å²) in [5.41, 5.74) is 0. The summed E-state index contributed by atoms with van der Waals surface area (Å²) in [6.07, 6.45) is 6.92. The number of hydrogen-bond donors (Lipinski definition) is 1. The van der Waals surface area contributed by atoms with Gasteiger partial charge in [0.05, 0.1) is 0 Å². The Bertz CT molecular complexity index is 243. The number of rotatable bonds is 4. The van der Waals surface area contributed by atoms with Gasteiger partial charge in [0, 0.05) is 44.6 Å². The third-order valence-electron chi connectivity index (χ3n) is 4.33. The van der Waals surface area contributed by atoms with Crippen molar-refractivity contribution < 1.29 is 4.79 Å². The predicted octanol–water partition coefficient (Wildman–Crippen LogP) is 1.82. The van der Waals surface area contributed by atoms with Gasteiger partial charge in [-0.15, -0.1) is 0 Å². The Balaban J connectivity index is 1.76. The van der Waals surface area contributed by atoms with E-state index in [0.717, 1.165) is 45.4 Å². The highest BCUT2D eigenvalue weighted by molar-refractivity contribution is 5.81. The van der Waals surface area contributed by atoms with Crippen LogP contribution in [0, 0.1) is 5.92 Å². The van der Waals surface area contributed by atoms with Crippen LogP contribution in [0.3, 0.4) is 0 Å². The normalized spacial score (nSPS) is 25.7. The molecule has 1 atom stereocenters. The molecule has 3 heteroatoms. The van der Waals surface area contributed by atoms with Crippen molar-refractivity contribution >= 4 is 5.78 Å². The van der Waals surface area contributed by atoms with Gasteiger partial charge in [0.25, 0.3) is 0 Å². The van der Waals surface area contributed by atoms with Crippen LogP contribution in [0.15, 0.2) is 0 Å². The fraction of sp³-hybridized carbons (Fsp3) is 0.929. The summed E-state index contributed by atoms with van der Waals surface area (Å²) in [6.45, 7) is 6.55. The van der Waals surface area contributed by atoms with Gasteiger partial charge in [0.2, 0.25) is 0 Å². The summed E-state index contributed by atoms with van der Waals surface area (Å²) in [6, 6.07) is 0.437. The maximum Gasteiger partial charge on any atom is 0.137 e. The first-order valence-electron chi connectivity index (χ1n) is 7.25. The van der Waals surface area contributed by atoms with Gasteiger partial charge in [-0.05, 0) is 19.8 Å². The first kappa shape index (κ1) is 13.0. The number of hydrogen-bond acceptors (Lipinski definition) is 3.